The molecule has 3 rings (SSSR count). The summed E-state index contributed by atoms with van der Waals surface area (Å²) >= 11 is 6.12. The number of hydrogen-bond acceptors (Lipinski definition) is 5. The van der Waals surface area contributed by atoms with E-state index in [9.17, 15) is 4.79 Å². The zero-order chi connectivity index (χ0) is 18.1. The van der Waals surface area contributed by atoms with Gasteiger partial charge in [0, 0.05) is 19.3 Å². The molecule has 0 saturated heterocycles. The number of amides is 1. The van der Waals surface area contributed by atoms with Gasteiger partial charge in [-0.05, 0) is 26.8 Å². The molecule has 3 aromatic rings. The van der Waals surface area contributed by atoms with Crippen molar-refractivity contribution in [2.24, 2.45) is 0 Å². The first-order chi connectivity index (χ1) is 11.9. The number of rotatable bonds is 5. The van der Waals surface area contributed by atoms with Crippen LogP contribution < -0.4 is 11.1 Å². The first kappa shape index (κ1) is 17.2. The molecule has 25 heavy (non-hydrogen) atoms. The van der Waals surface area contributed by atoms with Crippen LogP contribution in [0.5, 0.6) is 0 Å². The Balaban J connectivity index is 1.69. The number of imidazole rings is 1. The van der Waals surface area contributed by atoms with E-state index in [2.05, 4.69) is 20.4 Å². The monoisotopic (exact) mass is 361 g/mol. The summed E-state index contributed by atoms with van der Waals surface area (Å²) in [6.07, 6.45) is 1.53. The normalized spacial score (nSPS) is 11.2. The summed E-state index contributed by atoms with van der Waals surface area (Å²) in [5.41, 5.74) is 9.25. The Morgan fingerprint density at radius 3 is 2.80 bits per heavy atom. The SMILES string of the molecule is CCn1c(N)nc2cc(C(=O)NCCn3nc(C)c(Cl)c3C)cnc21. The highest BCUT2D eigenvalue weighted by Gasteiger charge is 2.13. The number of aromatic nitrogens is 5. The number of carbonyl (C=O) groups is 1. The molecular weight excluding hydrogens is 342 g/mol. The predicted molar refractivity (Wildman–Crippen MR) is 96.7 cm³/mol. The predicted octanol–water partition coefficient (Wildman–Crippen LogP) is 1.93. The third-order valence-electron chi connectivity index (χ3n) is 4.10. The standard InChI is InChI=1S/C16H20ClN7O/c1-4-23-14-12(21-16(23)18)7-11(8-20-14)15(25)19-5-6-24-10(3)13(17)9(2)22-24/h7-8H,4-6H2,1-3H3,(H2,18,21)(H,19,25). The Labute approximate surface area is 150 Å². The quantitative estimate of drug-likeness (QED) is 0.722. The average molecular weight is 362 g/mol. The fourth-order valence-electron chi connectivity index (χ4n) is 2.73. The summed E-state index contributed by atoms with van der Waals surface area (Å²) in [7, 11) is 0. The second kappa shape index (κ2) is 6.72. The van der Waals surface area contributed by atoms with Crippen LogP contribution in [0, 0.1) is 13.8 Å². The highest BCUT2D eigenvalue weighted by atomic mass is 35.5. The third-order valence-corrected chi connectivity index (χ3v) is 4.64. The molecule has 0 fully saturated rings. The number of aryl methyl sites for hydroxylation is 2. The van der Waals surface area contributed by atoms with E-state index < -0.39 is 0 Å². The summed E-state index contributed by atoms with van der Waals surface area (Å²) in [5.74, 6) is 0.176. The van der Waals surface area contributed by atoms with Crippen molar-refractivity contribution in [3.8, 4) is 0 Å². The van der Waals surface area contributed by atoms with Crippen LogP contribution in [0.15, 0.2) is 12.3 Å². The summed E-state index contributed by atoms with van der Waals surface area (Å²) in [5, 5.41) is 7.85. The minimum absolute atomic E-state index is 0.216. The van der Waals surface area contributed by atoms with Crippen molar-refractivity contribution in [1.29, 1.82) is 0 Å². The summed E-state index contributed by atoms with van der Waals surface area (Å²) in [6, 6.07) is 1.69. The number of nitrogens with zero attached hydrogens (tertiary/aromatic N) is 5. The zero-order valence-corrected chi connectivity index (χ0v) is 15.1. The van der Waals surface area contributed by atoms with Gasteiger partial charge in [-0.15, -0.1) is 0 Å². The number of nitrogens with two attached hydrogens (primary N) is 1. The van der Waals surface area contributed by atoms with Crippen molar-refractivity contribution in [2.75, 3.05) is 12.3 Å². The lowest BCUT2D eigenvalue weighted by Gasteiger charge is -2.07. The molecule has 0 saturated carbocycles. The number of fused-ring (bicyclic) bond motifs is 1. The van der Waals surface area contributed by atoms with Gasteiger partial charge in [-0.3, -0.25) is 14.0 Å². The smallest absolute Gasteiger partial charge is 0.252 e. The maximum Gasteiger partial charge on any atom is 0.252 e. The van der Waals surface area contributed by atoms with E-state index in [1.165, 1.54) is 6.20 Å². The molecule has 0 unspecified atom stereocenters. The molecule has 0 aliphatic rings. The maximum atomic E-state index is 12.3. The zero-order valence-electron chi connectivity index (χ0n) is 14.4. The fourth-order valence-corrected chi connectivity index (χ4v) is 2.87. The number of halogens is 1. The van der Waals surface area contributed by atoms with Gasteiger partial charge in [-0.2, -0.15) is 5.10 Å². The number of nitrogens with one attached hydrogen (secondary N) is 1. The molecule has 3 N–H and O–H groups in total. The molecule has 132 valence electrons. The lowest BCUT2D eigenvalue weighted by Crippen LogP contribution is -2.27. The molecule has 9 heteroatoms. The molecule has 0 aliphatic carbocycles. The first-order valence-electron chi connectivity index (χ1n) is 8.01. The molecule has 3 heterocycles. The van der Waals surface area contributed by atoms with Crippen LogP contribution in [0.4, 0.5) is 5.95 Å². The van der Waals surface area contributed by atoms with Crippen molar-refractivity contribution in [3.63, 3.8) is 0 Å². The Kier molecular flexibility index (Phi) is 4.63. The van der Waals surface area contributed by atoms with Gasteiger partial charge in [0.25, 0.3) is 5.91 Å². The van der Waals surface area contributed by atoms with E-state index in [4.69, 9.17) is 17.3 Å². The van der Waals surface area contributed by atoms with Gasteiger partial charge >= 0.3 is 0 Å². The van der Waals surface area contributed by atoms with Gasteiger partial charge in [0.15, 0.2) is 5.65 Å². The first-order valence-corrected chi connectivity index (χ1v) is 8.39. The van der Waals surface area contributed by atoms with Crippen molar-refractivity contribution in [2.45, 2.75) is 33.9 Å². The van der Waals surface area contributed by atoms with Crippen molar-refractivity contribution < 1.29 is 4.79 Å². The van der Waals surface area contributed by atoms with Crippen LogP contribution in [0.1, 0.15) is 28.7 Å². The summed E-state index contributed by atoms with van der Waals surface area (Å²) in [4.78, 5) is 20.9. The Bertz CT molecular complexity index is 944. The molecule has 0 radical (unpaired) electrons. The lowest BCUT2D eigenvalue weighted by molar-refractivity contribution is 0.0951. The van der Waals surface area contributed by atoms with Crippen LogP contribution in [0.2, 0.25) is 5.02 Å². The molecule has 0 spiro atoms. The molecule has 3 aromatic heterocycles. The summed E-state index contributed by atoms with van der Waals surface area (Å²) in [6.45, 7) is 7.36. The second-order valence-corrected chi connectivity index (χ2v) is 6.12. The highest BCUT2D eigenvalue weighted by molar-refractivity contribution is 6.31. The van der Waals surface area contributed by atoms with Gasteiger partial charge in [-0.1, -0.05) is 11.6 Å². The molecule has 8 nitrogen and oxygen atoms in total. The average Bonchev–Trinajstić information content (AvgIpc) is 3.04. The second-order valence-electron chi connectivity index (χ2n) is 5.74. The van der Waals surface area contributed by atoms with Gasteiger partial charge in [0.05, 0.1) is 28.5 Å². The minimum atomic E-state index is -0.216. The Morgan fingerprint density at radius 1 is 1.40 bits per heavy atom. The molecule has 1 amide bonds. The van der Waals surface area contributed by atoms with Crippen LogP contribution in [-0.4, -0.2) is 36.8 Å². The molecule has 0 aliphatic heterocycles. The van der Waals surface area contributed by atoms with E-state index >= 15 is 0 Å². The van der Waals surface area contributed by atoms with Crippen LogP contribution in [-0.2, 0) is 13.1 Å². The van der Waals surface area contributed by atoms with Crippen molar-refractivity contribution in [3.05, 3.63) is 34.2 Å². The Hall–Kier alpha value is -2.61. The molecule has 0 atom stereocenters. The third kappa shape index (κ3) is 3.17. The maximum absolute atomic E-state index is 12.3. The minimum Gasteiger partial charge on any atom is -0.369 e. The van der Waals surface area contributed by atoms with E-state index in [1.807, 2.05) is 20.8 Å². The molecule has 0 aromatic carbocycles. The van der Waals surface area contributed by atoms with E-state index in [0.29, 0.717) is 47.3 Å². The van der Waals surface area contributed by atoms with Crippen molar-refractivity contribution >= 4 is 34.6 Å². The van der Waals surface area contributed by atoms with E-state index in [0.717, 1.165) is 11.4 Å². The largest absolute Gasteiger partial charge is 0.369 e. The van der Waals surface area contributed by atoms with Crippen molar-refractivity contribution in [1.82, 2.24) is 29.6 Å². The number of anilines is 1. The van der Waals surface area contributed by atoms with E-state index in [1.54, 1.807) is 15.3 Å². The summed E-state index contributed by atoms with van der Waals surface area (Å²) < 4.78 is 3.58. The number of nitrogen functional groups attached to an aromatic ring is 1. The number of hydrogen-bond donors (Lipinski definition) is 2. The lowest BCUT2D eigenvalue weighted by atomic mass is 10.2. The fraction of sp³-hybridized carbons (Fsp3) is 0.375. The Morgan fingerprint density at radius 2 is 2.16 bits per heavy atom. The molecule has 0 bridgehead atoms. The van der Waals surface area contributed by atoms with Crippen LogP contribution >= 0.6 is 11.6 Å². The topological polar surface area (TPSA) is 104 Å². The van der Waals surface area contributed by atoms with Crippen LogP contribution in [0.25, 0.3) is 11.2 Å². The van der Waals surface area contributed by atoms with Gasteiger partial charge < -0.3 is 11.1 Å². The van der Waals surface area contributed by atoms with Gasteiger partial charge in [0.1, 0.15) is 5.52 Å². The van der Waals surface area contributed by atoms with Crippen LogP contribution in [0.3, 0.4) is 0 Å². The highest BCUT2D eigenvalue weighted by Crippen LogP contribution is 2.19. The molecular formula is C16H20ClN7O. The number of carbonyl (C=O) groups excluding carboxylic acids is 1. The van der Waals surface area contributed by atoms with Gasteiger partial charge in [0.2, 0.25) is 5.95 Å². The van der Waals surface area contributed by atoms with Gasteiger partial charge in [-0.25, -0.2) is 9.97 Å². The van der Waals surface area contributed by atoms with E-state index in [-0.39, 0.29) is 5.91 Å². The number of pyridine rings is 1.